The third-order valence-corrected chi connectivity index (χ3v) is 5.04. The summed E-state index contributed by atoms with van der Waals surface area (Å²) < 4.78 is 6.68. The number of hydrogen-bond acceptors (Lipinski definition) is 4. The second-order valence-electron chi connectivity index (χ2n) is 6.41. The van der Waals surface area contributed by atoms with Crippen LogP contribution in [0.15, 0.2) is 67.1 Å². The summed E-state index contributed by atoms with van der Waals surface area (Å²) in [6, 6.07) is 14.7. The van der Waals surface area contributed by atoms with Gasteiger partial charge in [-0.1, -0.05) is 35.3 Å². The van der Waals surface area contributed by atoms with E-state index in [4.69, 9.17) is 27.9 Å². The van der Waals surface area contributed by atoms with Crippen LogP contribution in [0.5, 0.6) is 11.5 Å². The van der Waals surface area contributed by atoms with E-state index in [9.17, 15) is 5.21 Å². The average Bonchev–Trinajstić information content (AvgIpc) is 3.14. The third kappa shape index (κ3) is 3.22. The zero-order valence-corrected chi connectivity index (χ0v) is 16.3. The number of pyridine rings is 1. The van der Waals surface area contributed by atoms with Gasteiger partial charge in [0.05, 0.1) is 5.69 Å². The van der Waals surface area contributed by atoms with Gasteiger partial charge in [0.2, 0.25) is 11.7 Å². The number of benzene rings is 2. The van der Waals surface area contributed by atoms with E-state index >= 15 is 0 Å². The summed E-state index contributed by atoms with van der Waals surface area (Å²) >= 11 is 12.3. The van der Waals surface area contributed by atoms with Crippen LogP contribution in [0, 0.1) is 5.21 Å². The molecule has 6 nitrogen and oxygen atoms in total. The third-order valence-electron chi connectivity index (χ3n) is 4.50. The van der Waals surface area contributed by atoms with Crippen LogP contribution in [-0.2, 0) is 0 Å². The predicted octanol–water partition coefficient (Wildman–Crippen LogP) is 5.51. The molecule has 0 amide bonds. The highest BCUT2D eigenvalue weighted by Crippen LogP contribution is 2.36. The fraction of sp³-hybridized carbons (Fsp3) is 0. The van der Waals surface area contributed by atoms with Gasteiger partial charge in [0.15, 0.2) is 11.4 Å². The Morgan fingerprint density at radius 3 is 2.62 bits per heavy atom. The summed E-state index contributed by atoms with van der Waals surface area (Å²) in [7, 11) is 0. The van der Waals surface area contributed by atoms with Gasteiger partial charge in [0.25, 0.3) is 0 Å². The number of aromatic amines is 1. The summed E-state index contributed by atoms with van der Waals surface area (Å²) in [6.07, 6.45) is 4.40. The summed E-state index contributed by atoms with van der Waals surface area (Å²) in [4.78, 5) is 11.8. The van der Waals surface area contributed by atoms with E-state index < -0.39 is 0 Å². The summed E-state index contributed by atoms with van der Waals surface area (Å²) in [5, 5.41) is 13.9. The number of hydrogen-bond donors (Lipinski definition) is 1. The molecule has 0 aliphatic rings. The lowest BCUT2D eigenvalue weighted by atomic mass is 10.2. The van der Waals surface area contributed by atoms with Gasteiger partial charge in [-0.2, -0.15) is 4.73 Å². The molecule has 5 aromatic rings. The number of para-hydroxylation sites is 2. The van der Waals surface area contributed by atoms with Crippen LogP contribution >= 0.6 is 23.2 Å². The SMILES string of the molecule is [O-][n+]1cc(-c2cc3cc(Oc4c(Cl)cncc4Cl)ccc3[nH]2)nc2ccccc21. The molecule has 142 valence electrons. The molecule has 0 saturated carbocycles. The van der Waals surface area contributed by atoms with Gasteiger partial charge in [-0.3, -0.25) is 4.98 Å². The Labute approximate surface area is 174 Å². The summed E-state index contributed by atoms with van der Waals surface area (Å²) in [6.45, 7) is 0. The largest absolute Gasteiger partial charge is 0.618 e. The monoisotopic (exact) mass is 422 g/mol. The fourth-order valence-corrected chi connectivity index (χ4v) is 3.58. The van der Waals surface area contributed by atoms with Gasteiger partial charge >= 0.3 is 0 Å². The molecule has 8 heteroatoms. The van der Waals surface area contributed by atoms with Crippen molar-refractivity contribution < 1.29 is 9.47 Å². The zero-order chi connectivity index (χ0) is 20.0. The van der Waals surface area contributed by atoms with E-state index in [0.29, 0.717) is 38.3 Å². The number of fused-ring (bicyclic) bond motifs is 2. The first-order valence-corrected chi connectivity index (χ1v) is 9.43. The Kier molecular flexibility index (Phi) is 4.23. The molecule has 0 bridgehead atoms. The van der Waals surface area contributed by atoms with Gasteiger partial charge in [0, 0.05) is 29.4 Å². The lowest BCUT2D eigenvalue weighted by Crippen LogP contribution is -2.27. The Morgan fingerprint density at radius 1 is 1.00 bits per heavy atom. The van der Waals surface area contributed by atoms with Gasteiger partial charge < -0.3 is 14.9 Å². The standard InChI is InChI=1S/C21H12Cl2N4O2/c22-14-9-24-10-15(23)21(14)29-13-5-6-16-12(7-13)8-18(25-16)19-11-27(28)20-4-2-1-3-17(20)26-19/h1-11,25H. The second-order valence-corrected chi connectivity index (χ2v) is 7.22. The minimum Gasteiger partial charge on any atom is -0.618 e. The lowest BCUT2D eigenvalue weighted by molar-refractivity contribution is -0.576. The van der Waals surface area contributed by atoms with Crippen molar-refractivity contribution in [3.8, 4) is 22.9 Å². The van der Waals surface area contributed by atoms with E-state index in [-0.39, 0.29) is 0 Å². The number of rotatable bonds is 3. The van der Waals surface area contributed by atoms with Crippen LogP contribution in [-0.4, -0.2) is 15.0 Å². The second kappa shape index (κ2) is 6.92. The maximum atomic E-state index is 12.3. The molecule has 0 radical (unpaired) electrons. The molecule has 0 saturated heterocycles. The highest BCUT2D eigenvalue weighted by molar-refractivity contribution is 6.36. The number of ether oxygens (including phenoxy) is 1. The molecule has 3 aromatic heterocycles. The number of halogens is 2. The van der Waals surface area contributed by atoms with Crippen LogP contribution in [0.1, 0.15) is 0 Å². The molecule has 0 unspecified atom stereocenters. The Bertz CT molecular complexity index is 1360. The topological polar surface area (TPSA) is 77.7 Å². The van der Waals surface area contributed by atoms with Crippen LogP contribution in [0.4, 0.5) is 0 Å². The first kappa shape index (κ1) is 17.7. The molecular weight excluding hydrogens is 411 g/mol. The molecule has 1 N–H and O–H groups in total. The van der Waals surface area contributed by atoms with E-state index in [0.717, 1.165) is 21.3 Å². The van der Waals surface area contributed by atoms with Crippen LogP contribution in [0.25, 0.3) is 33.3 Å². The Balaban J connectivity index is 1.55. The van der Waals surface area contributed by atoms with Gasteiger partial charge in [-0.25, -0.2) is 4.98 Å². The molecular formula is C21H12Cl2N4O2. The van der Waals surface area contributed by atoms with E-state index in [1.54, 1.807) is 12.1 Å². The number of nitrogens with zero attached hydrogens (tertiary/aromatic N) is 3. The highest BCUT2D eigenvalue weighted by atomic mass is 35.5. The van der Waals surface area contributed by atoms with Crippen molar-refractivity contribution in [2.45, 2.75) is 0 Å². The van der Waals surface area contributed by atoms with Gasteiger partial charge in [-0.15, -0.1) is 0 Å². The van der Waals surface area contributed by atoms with E-state index in [1.165, 1.54) is 18.6 Å². The van der Waals surface area contributed by atoms with Crippen LogP contribution in [0.3, 0.4) is 0 Å². The van der Waals surface area contributed by atoms with E-state index in [1.807, 2.05) is 36.4 Å². The van der Waals surface area contributed by atoms with Crippen molar-refractivity contribution in [2.75, 3.05) is 0 Å². The van der Waals surface area contributed by atoms with Crippen molar-refractivity contribution in [1.82, 2.24) is 15.0 Å². The Morgan fingerprint density at radius 2 is 1.79 bits per heavy atom. The van der Waals surface area contributed by atoms with Crippen molar-refractivity contribution in [3.63, 3.8) is 0 Å². The quantitative estimate of drug-likeness (QED) is 0.307. The average molecular weight is 423 g/mol. The molecule has 0 fully saturated rings. The summed E-state index contributed by atoms with van der Waals surface area (Å²) in [5.74, 6) is 0.922. The maximum Gasteiger partial charge on any atom is 0.242 e. The first-order chi connectivity index (χ1) is 14.1. The molecule has 2 aromatic carbocycles. The minimum atomic E-state index is 0.327. The first-order valence-electron chi connectivity index (χ1n) is 8.67. The fourth-order valence-electron chi connectivity index (χ4n) is 3.14. The molecule has 3 heterocycles. The maximum absolute atomic E-state index is 12.3. The number of H-pyrrole nitrogens is 1. The number of aromatic nitrogens is 4. The lowest BCUT2D eigenvalue weighted by Gasteiger charge is -2.08. The van der Waals surface area contributed by atoms with Gasteiger partial charge in [-0.05, 0) is 30.3 Å². The van der Waals surface area contributed by atoms with Gasteiger partial charge in [0.1, 0.15) is 21.3 Å². The number of nitrogens with one attached hydrogen (secondary N) is 1. The molecule has 0 aliphatic heterocycles. The van der Waals surface area contributed by atoms with Crippen molar-refractivity contribution in [1.29, 1.82) is 0 Å². The van der Waals surface area contributed by atoms with Crippen LogP contribution in [0.2, 0.25) is 10.0 Å². The van der Waals surface area contributed by atoms with Crippen molar-refractivity contribution in [3.05, 3.63) is 82.4 Å². The minimum absolute atomic E-state index is 0.327. The van der Waals surface area contributed by atoms with Crippen molar-refractivity contribution in [2.24, 2.45) is 0 Å². The van der Waals surface area contributed by atoms with E-state index in [2.05, 4.69) is 15.0 Å². The molecule has 0 aliphatic carbocycles. The van der Waals surface area contributed by atoms with Crippen LogP contribution < -0.4 is 9.47 Å². The summed E-state index contributed by atoms with van der Waals surface area (Å²) in [5.41, 5.74) is 3.32. The normalized spacial score (nSPS) is 11.2. The highest BCUT2D eigenvalue weighted by Gasteiger charge is 2.14. The smallest absolute Gasteiger partial charge is 0.242 e. The Hall–Kier alpha value is -3.35. The molecule has 5 rings (SSSR count). The molecule has 29 heavy (non-hydrogen) atoms. The molecule has 0 atom stereocenters. The predicted molar refractivity (Wildman–Crippen MR) is 112 cm³/mol. The zero-order valence-electron chi connectivity index (χ0n) is 14.8. The molecule has 0 spiro atoms. The van der Waals surface area contributed by atoms with Crippen molar-refractivity contribution >= 4 is 45.1 Å².